The lowest BCUT2D eigenvalue weighted by Crippen LogP contribution is -2.30. The predicted octanol–water partition coefficient (Wildman–Crippen LogP) is 6.58. The molecule has 0 bridgehead atoms. The lowest BCUT2D eigenvalue weighted by molar-refractivity contribution is -0.384. The standard InChI is InChI=1S/C33H36N6O5S/c1-19-16-23(20(2)37(19)26-14-12-22(43-6)18-27(26)39(41)42)30-29(25-10-8-9-15-34-25)36-32(45)38(30)21-11-13-24(28(17-21)44-7)35-31(40)33(3,4)5/h8-18,29-30H,1-7H3,(H,35,40)(H,36,45)/t29-,30+/m1/s1. The first-order valence-corrected chi connectivity index (χ1v) is 14.8. The van der Waals surface area contributed by atoms with E-state index in [9.17, 15) is 14.9 Å². The molecule has 12 heteroatoms. The van der Waals surface area contributed by atoms with Gasteiger partial charge in [-0.3, -0.25) is 19.9 Å². The molecule has 5 rings (SSSR count). The van der Waals surface area contributed by atoms with E-state index >= 15 is 0 Å². The number of thiocarbonyl (C=S) groups is 1. The Morgan fingerprint density at radius 1 is 1.07 bits per heavy atom. The third-order valence-corrected chi connectivity index (χ3v) is 8.21. The number of aryl methyl sites for hydroxylation is 1. The van der Waals surface area contributed by atoms with Crippen LogP contribution in [0.5, 0.6) is 11.5 Å². The molecule has 4 aromatic rings. The summed E-state index contributed by atoms with van der Waals surface area (Å²) in [5, 5.41) is 19.0. The van der Waals surface area contributed by atoms with Crippen LogP contribution < -0.4 is 25.0 Å². The van der Waals surface area contributed by atoms with Gasteiger partial charge in [0.15, 0.2) is 5.11 Å². The molecule has 1 aliphatic heterocycles. The lowest BCUT2D eigenvalue weighted by Gasteiger charge is -2.29. The average molecular weight is 629 g/mol. The number of ether oxygens (including phenoxy) is 2. The number of aromatic nitrogens is 2. The minimum Gasteiger partial charge on any atom is -0.496 e. The molecule has 45 heavy (non-hydrogen) atoms. The molecule has 1 aliphatic rings. The van der Waals surface area contributed by atoms with E-state index in [1.165, 1.54) is 13.2 Å². The second kappa shape index (κ2) is 12.2. The molecule has 0 aliphatic carbocycles. The fourth-order valence-electron chi connectivity index (χ4n) is 5.62. The van der Waals surface area contributed by atoms with Gasteiger partial charge in [-0.05, 0) is 74.1 Å². The third kappa shape index (κ3) is 5.93. The predicted molar refractivity (Wildman–Crippen MR) is 177 cm³/mol. The molecule has 11 nitrogen and oxygen atoms in total. The first-order chi connectivity index (χ1) is 21.3. The van der Waals surface area contributed by atoms with Crippen LogP contribution in [0, 0.1) is 29.4 Å². The van der Waals surface area contributed by atoms with Crippen LogP contribution in [-0.2, 0) is 4.79 Å². The Bertz CT molecular complexity index is 1780. The van der Waals surface area contributed by atoms with Gasteiger partial charge in [0.25, 0.3) is 5.69 Å². The molecule has 2 aromatic heterocycles. The van der Waals surface area contributed by atoms with Crippen LogP contribution in [0.25, 0.3) is 5.69 Å². The van der Waals surface area contributed by atoms with Crippen LogP contribution in [0.15, 0.2) is 66.9 Å². The largest absolute Gasteiger partial charge is 0.496 e. The monoisotopic (exact) mass is 628 g/mol. The number of hydrogen-bond donors (Lipinski definition) is 2. The van der Waals surface area contributed by atoms with Gasteiger partial charge in [0.1, 0.15) is 17.2 Å². The summed E-state index contributed by atoms with van der Waals surface area (Å²) in [6.45, 7) is 9.39. The Morgan fingerprint density at radius 3 is 2.44 bits per heavy atom. The SMILES string of the molecule is COc1ccc(-n2c(C)cc([C@H]3[C@@H](c4ccccn4)NC(=S)N3c3ccc(NC(=O)C(C)(C)C)c(OC)c3)c2C)c([N+](=O)[O-])c1. The van der Waals surface area contributed by atoms with Crippen LogP contribution in [-0.4, -0.2) is 39.7 Å². The number of nitrogens with zero attached hydrogens (tertiary/aromatic N) is 4. The van der Waals surface area contributed by atoms with Crippen molar-refractivity contribution in [1.29, 1.82) is 0 Å². The number of benzene rings is 2. The quantitative estimate of drug-likeness (QED) is 0.127. The Hall–Kier alpha value is -4.97. The molecular weight excluding hydrogens is 592 g/mol. The normalized spacial score (nSPS) is 16.3. The number of anilines is 2. The van der Waals surface area contributed by atoms with Crippen LogP contribution >= 0.6 is 12.2 Å². The van der Waals surface area contributed by atoms with Crippen LogP contribution in [0.4, 0.5) is 17.1 Å². The van der Waals surface area contributed by atoms with Crippen molar-refractivity contribution in [2.75, 3.05) is 24.4 Å². The van der Waals surface area contributed by atoms with Crippen molar-refractivity contribution in [2.24, 2.45) is 5.41 Å². The van der Waals surface area contributed by atoms with Crippen molar-refractivity contribution in [1.82, 2.24) is 14.9 Å². The number of nitro groups is 1. The van der Waals surface area contributed by atoms with Gasteiger partial charge in [0, 0.05) is 34.8 Å². The van der Waals surface area contributed by atoms with E-state index < -0.39 is 10.3 Å². The average Bonchev–Trinajstić information content (AvgIpc) is 3.51. The highest BCUT2D eigenvalue weighted by atomic mass is 32.1. The zero-order valence-corrected chi connectivity index (χ0v) is 27.1. The number of carbonyl (C=O) groups excluding carboxylic acids is 1. The van der Waals surface area contributed by atoms with E-state index in [-0.39, 0.29) is 23.7 Å². The number of pyridine rings is 1. The highest BCUT2D eigenvalue weighted by Crippen LogP contribution is 2.45. The summed E-state index contributed by atoms with van der Waals surface area (Å²) >= 11 is 5.93. The van der Waals surface area contributed by atoms with Gasteiger partial charge in [-0.2, -0.15) is 0 Å². The van der Waals surface area contributed by atoms with Crippen LogP contribution in [0.3, 0.4) is 0 Å². The van der Waals surface area contributed by atoms with Gasteiger partial charge >= 0.3 is 0 Å². The first-order valence-electron chi connectivity index (χ1n) is 14.4. The Labute approximate surface area is 267 Å². The van der Waals surface area contributed by atoms with E-state index in [2.05, 4.69) is 15.6 Å². The highest BCUT2D eigenvalue weighted by molar-refractivity contribution is 7.80. The zero-order chi connectivity index (χ0) is 32.6. The molecule has 1 fully saturated rings. The van der Waals surface area contributed by atoms with E-state index in [1.807, 2.05) is 80.5 Å². The number of carbonyl (C=O) groups is 1. The second-order valence-electron chi connectivity index (χ2n) is 11.9. The van der Waals surface area contributed by atoms with Crippen molar-refractivity contribution in [3.63, 3.8) is 0 Å². The van der Waals surface area contributed by atoms with Gasteiger partial charge in [-0.15, -0.1) is 0 Å². The third-order valence-electron chi connectivity index (χ3n) is 7.90. The molecule has 234 valence electrons. The maximum absolute atomic E-state index is 12.8. The molecule has 2 aromatic carbocycles. The molecule has 1 amide bonds. The summed E-state index contributed by atoms with van der Waals surface area (Å²) in [5.74, 6) is 0.739. The summed E-state index contributed by atoms with van der Waals surface area (Å²) in [7, 11) is 3.03. The van der Waals surface area contributed by atoms with Crippen molar-refractivity contribution in [2.45, 2.75) is 46.7 Å². The maximum Gasteiger partial charge on any atom is 0.296 e. The summed E-state index contributed by atoms with van der Waals surface area (Å²) in [6, 6.07) is 17.4. The molecule has 0 saturated carbocycles. The second-order valence-corrected chi connectivity index (χ2v) is 12.2. The summed E-state index contributed by atoms with van der Waals surface area (Å²) in [6.07, 6.45) is 1.74. The van der Waals surface area contributed by atoms with Crippen molar-refractivity contribution >= 4 is 40.3 Å². The van der Waals surface area contributed by atoms with Gasteiger partial charge < -0.3 is 29.6 Å². The van der Waals surface area contributed by atoms with E-state index in [1.54, 1.807) is 31.5 Å². The zero-order valence-electron chi connectivity index (χ0n) is 26.2. The minimum absolute atomic E-state index is 0.0708. The fourth-order valence-corrected chi connectivity index (χ4v) is 5.96. The molecule has 2 N–H and O–H groups in total. The van der Waals surface area contributed by atoms with Gasteiger partial charge in [0.2, 0.25) is 5.91 Å². The molecule has 1 saturated heterocycles. The van der Waals surface area contributed by atoms with E-state index in [4.69, 9.17) is 21.7 Å². The van der Waals surface area contributed by atoms with Crippen molar-refractivity contribution < 1.29 is 19.2 Å². The number of hydrogen-bond acceptors (Lipinski definition) is 7. The van der Waals surface area contributed by atoms with E-state index in [0.29, 0.717) is 28.0 Å². The molecule has 2 atom stereocenters. The first kappa shape index (κ1) is 31.5. The van der Waals surface area contributed by atoms with Gasteiger partial charge in [-0.1, -0.05) is 26.8 Å². The van der Waals surface area contributed by atoms with Crippen LogP contribution in [0.1, 0.15) is 55.5 Å². The van der Waals surface area contributed by atoms with Gasteiger partial charge in [0.05, 0.1) is 48.7 Å². The smallest absolute Gasteiger partial charge is 0.296 e. The number of nitro benzene ring substituents is 1. The number of rotatable bonds is 8. The van der Waals surface area contributed by atoms with Crippen molar-refractivity contribution in [3.05, 3.63) is 99.6 Å². The Kier molecular flexibility index (Phi) is 8.53. The fraction of sp³-hybridized carbons (Fsp3) is 0.303. The number of methoxy groups -OCH3 is 2. The molecular formula is C33H36N6O5S. The van der Waals surface area contributed by atoms with E-state index in [0.717, 1.165) is 28.3 Å². The van der Waals surface area contributed by atoms with Crippen molar-refractivity contribution in [3.8, 4) is 17.2 Å². The summed E-state index contributed by atoms with van der Waals surface area (Å²) in [5.41, 5.74) is 4.36. The lowest BCUT2D eigenvalue weighted by atomic mass is 9.95. The molecule has 0 unspecified atom stereocenters. The summed E-state index contributed by atoms with van der Waals surface area (Å²) < 4.78 is 12.9. The van der Waals surface area contributed by atoms with Gasteiger partial charge in [-0.25, -0.2) is 0 Å². The minimum atomic E-state index is -0.591. The maximum atomic E-state index is 12.8. The Balaban J connectivity index is 1.66. The number of amides is 1. The number of nitrogens with one attached hydrogen (secondary N) is 2. The molecule has 3 heterocycles. The highest BCUT2D eigenvalue weighted by Gasteiger charge is 2.43. The molecule has 0 radical (unpaired) electrons. The molecule has 0 spiro atoms. The Morgan fingerprint density at radius 2 is 1.82 bits per heavy atom. The topological polar surface area (TPSA) is 124 Å². The summed E-state index contributed by atoms with van der Waals surface area (Å²) in [4.78, 5) is 31.1. The van der Waals surface area contributed by atoms with Crippen LogP contribution in [0.2, 0.25) is 0 Å².